The summed E-state index contributed by atoms with van der Waals surface area (Å²) in [5.74, 6) is 13.6. The SMILES string of the molecule is C[C@]12CCC(=O)C=C1CC[C@@H]1[C@@H]2CC[C@]2(C)C(=O)CC[C@@H]12.C[C@]12CCC(=O)C[C@@H]1CC[C@@H]1[C@@H]2CC[C@]2(C)[C@@H](O)CC[C@@H]12.C[C@]12CC[C@H]3[C@@H](CC=C4C[C@@H](O)CC[C@@]43C)[C@@H]1CC[C@@H]2O.C[C@]12CC[C@H]3[C@@H](CCC4=CC(=O)CC[C@@]43C)[C@@H]1CC[C@@H]2O.C[C@]12CC[C@H]3[C@@H](CCC4=C[C@@H](O)CC[C@@]43C)[C@@H]1CC[C@@H]2O.[2HH]. The molecular weight excluding hydrogens is 1300 g/mol. The van der Waals surface area contributed by atoms with E-state index in [1.165, 1.54) is 140 Å². The number of ketones is 4. The van der Waals surface area contributed by atoms with Crippen LogP contribution in [0.2, 0.25) is 0 Å². The van der Waals surface area contributed by atoms with E-state index in [4.69, 9.17) is 0 Å². The first-order chi connectivity index (χ1) is 49.7. The maximum atomic E-state index is 12.4. The minimum atomic E-state index is -0.202. The van der Waals surface area contributed by atoms with E-state index in [1.807, 2.05) is 12.2 Å². The molecule has 16 saturated carbocycles. The van der Waals surface area contributed by atoms with Crippen molar-refractivity contribution < 1.29 is 51.2 Å². The minimum absolute atomic E-state index is 0. The van der Waals surface area contributed by atoms with E-state index in [0.29, 0.717) is 74.9 Å². The van der Waals surface area contributed by atoms with Gasteiger partial charge < -0.3 is 30.6 Å². The summed E-state index contributed by atoms with van der Waals surface area (Å²) in [7, 11) is 0. The Morgan fingerprint density at radius 1 is 0.305 bits per heavy atom. The van der Waals surface area contributed by atoms with Crippen molar-refractivity contribution in [1.82, 2.24) is 0 Å². The molecule has 0 radical (unpaired) electrons. The number of Topliss-reactive ketones (excluding diaryl/α,β-unsaturated/α-hetero) is 2. The monoisotopic (exact) mass is 1450 g/mol. The maximum absolute atomic E-state index is 12.4. The lowest BCUT2D eigenvalue weighted by molar-refractivity contribution is -0.142. The highest BCUT2D eigenvalue weighted by Crippen LogP contribution is 2.72. The van der Waals surface area contributed by atoms with Crippen LogP contribution < -0.4 is 0 Å². The highest BCUT2D eigenvalue weighted by molar-refractivity contribution is 5.92. The molecule has 10 nitrogen and oxygen atoms in total. The summed E-state index contributed by atoms with van der Waals surface area (Å²) in [5.41, 5.74) is 8.24. The van der Waals surface area contributed by atoms with Crippen molar-refractivity contribution in [2.75, 3.05) is 0 Å². The third-order valence-corrected chi connectivity index (χ3v) is 40.1. The Morgan fingerprint density at radius 2 is 0.695 bits per heavy atom. The molecule has 6 N–H and O–H groups in total. The summed E-state index contributed by atoms with van der Waals surface area (Å²) >= 11 is 0. The van der Waals surface area contributed by atoms with Gasteiger partial charge in [0.15, 0.2) is 11.6 Å². The van der Waals surface area contributed by atoms with E-state index in [2.05, 4.69) is 81.4 Å². The Bertz CT molecular complexity index is 3500. The zero-order valence-electron chi connectivity index (χ0n) is 67.3. The number of hydrogen-bond acceptors (Lipinski definition) is 10. The van der Waals surface area contributed by atoms with Crippen LogP contribution in [0, 0.1) is 149 Å². The number of rotatable bonds is 0. The van der Waals surface area contributed by atoms with E-state index in [1.54, 1.807) is 11.1 Å². The van der Waals surface area contributed by atoms with Gasteiger partial charge in [0.2, 0.25) is 0 Å². The molecule has 0 bridgehead atoms. The molecule has 0 spiro atoms. The van der Waals surface area contributed by atoms with Gasteiger partial charge in [0.1, 0.15) is 11.6 Å². The summed E-state index contributed by atoms with van der Waals surface area (Å²) in [6.07, 6.45) is 53.4. The summed E-state index contributed by atoms with van der Waals surface area (Å²) in [6.45, 7) is 23.9. The van der Waals surface area contributed by atoms with E-state index in [0.717, 1.165) is 194 Å². The molecule has 0 saturated heterocycles. The molecule has 20 aliphatic carbocycles. The highest BCUT2D eigenvalue weighted by Gasteiger charge is 2.65. The van der Waals surface area contributed by atoms with Gasteiger partial charge in [0.25, 0.3) is 0 Å². The van der Waals surface area contributed by atoms with Gasteiger partial charge in [-0.15, -0.1) is 0 Å². The Morgan fingerprint density at radius 3 is 1.21 bits per heavy atom. The van der Waals surface area contributed by atoms with Crippen molar-refractivity contribution in [3.05, 3.63) is 46.6 Å². The molecule has 0 aromatic carbocycles. The first-order valence-electron chi connectivity index (χ1n) is 44.8. The number of fused-ring (bicyclic) bond motifs is 25. The number of allylic oxidation sites excluding steroid dienone is 4. The molecule has 0 aromatic rings. The van der Waals surface area contributed by atoms with E-state index >= 15 is 0 Å². The van der Waals surface area contributed by atoms with Gasteiger partial charge in [0, 0.05) is 38.9 Å². The smallest absolute Gasteiger partial charge is 0.155 e. The minimum Gasteiger partial charge on any atom is -0.393 e. The van der Waals surface area contributed by atoms with Crippen molar-refractivity contribution in [2.45, 2.75) is 369 Å². The third-order valence-electron chi connectivity index (χ3n) is 40.1. The second-order valence-corrected chi connectivity index (χ2v) is 43.6. The summed E-state index contributed by atoms with van der Waals surface area (Å²) < 4.78 is 0. The van der Waals surface area contributed by atoms with Crippen molar-refractivity contribution in [3.63, 3.8) is 0 Å². The van der Waals surface area contributed by atoms with Crippen molar-refractivity contribution in [3.8, 4) is 0 Å². The van der Waals surface area contributed by atoms with Crippen LogP contribution in [0.4, 0.5) is 0 Å². The number of carbonyl (C=O) groups excluding carboxylic acids is 4. The lowest BCUT2D eigenvalue weighted by Gasteiger charge is -2.60. The molecule has 586 valence electrons. The van der Waals surface area contributed by atoms with Gasteiger partial charge in [-0.2, -0.15) is 0 Å². The Hall–Kier alpha value is -2.60. The Balaban J connectivity index is 0.000000106. The normalized spacial score (nSPS) is 54.2. The fourth-order valence-corrected chi connectivity index (χ4v) is 33.2. The van der Waals surface area contributed by atoms with Crippen LogP contribution >= 0.6 is 0 Å². The van der Waals surface area contributed by atoms with Crippen molar-refractivity contribution in [2.24, 2.45) is 149 Å². The number of aliphatic hydroxyl groups is 6. The second kappa shape index (κ2) is 27.6. The Kier molecular flexibility index (Phi) is 20.1. The zero-order chi connectivity index (χ0) is 74.1. The fraction of sp³-hybridized carbons (Fsp3) is 0.874. The molecule has 0 aliphatic heterocycles. The van der Waals surface area contributed by atoms with E-state index < -0.39 is 0 Å². The first-order valence-corrected chi connectivity index (χ1v) is 44.8. The van der Waals surface area contributed by atoms with Crippen LogP contribution in [0.5, 0.6) is 0 Å². The standard InChI is InChI=1S/3C19H30O2.C19H28O2.C19H26O2.H2/c5*1-18-9-7-13(20)11-12(18)3-4-14-15-5-6-17(21)19(15,2)10-8-16(14)18;/h12,14-17,21H,3-11H2,1-2H3;11,13-17,20-21H,3-10H2,1-2H3;3,13-17,20-21H,4-11H2,1-2H3;11,14-17,21H,3-10H2,1-2H3;11,14-16H,3-10H2,1-2H3;1H/t12-,14-,15-,16-,17-,18-,19-;2*13-,14-,15-,16-,17-,18-,19-;14-,15-,16-,17-,18-,19-;14-,15-,16-,18-,19-;/m00000./s1/i;;;;;1+1. The molecular formula is C95H146O10. The third kappa shape index (κ3) is 12.1. The average molecular weight is 1450 g/mol. The van der Waals surface area contributed by atoms with Crippen LogP contribution in [0.1, 0.15) is 334 Å². The largest absolute Gasteiger partial charge is 0.393 e. The molecule has 0 heterocycles. The zero-order valence-corrected chi connectivity index (χ0v) is 67.3. The summed E-state index contributed by atoms with van der Waals surface area (Å²) in [4.78, 5) is 47.8. The fourth-order valence-electron chi connectivity index (χ4n) is 33.2. The van der Waals surface area contributed by atoms with Crippen LogP contribution in [0.3, 0.4) is 0 Å². The van der Waals surface area contributed by atoms with Gasteiger partial charge in [-0.1, -0.05) is 104 Å². The van der Waals surface area contributed by atoms with Gasteiger partial charge in [0.05, 0.1) is 36.6 Å². The molecule has 20 aliphatic rings. The van der Waals surface area contributed by atoms with Gasteiger partial charge in [-0.25, -0.2) is 0 Å². The predicted molar refractivity (Wildman–Crippen MR) is 417 cm³/mol. The van der Waals surface area contributed by atoms with Gasteiger partial charge in [-0.05, 0) is 387 Å². The molecule has 105 heavy (non-hydrogen) atoms. The molecule has 0 aromatic heterocycles. The molecule has 32 atom stereocenters. The van der Waals surface area contributed by atoms with Crippen LogP contribution in [0.25, 0.3) is 0 Å². The van der Waals surface area contributed by atoms with E-state index in [9.17, 15) is 49.8 Å². The van der Waals surface area contributed by atoms with Crippen LogP contribution in [-0.4, -0.2) is 90.4 Å². The summed E-state index contributed by atoms with van der Waals surface area (Å²) in [5, 5.41) is 61.8. The number of hydrogen-bond donors (Lipinski definition) is 6. The second-order valence-electron chi connectivity index (χ2n) is 43.6. The van der Waals surface area contributed by atoms with Crippen LogP contribution in [-0.2, 0) is 19.2 Å². The maximum Gasteiger partial charge on any atom is 0.155 e. The topological polar surface area (TPSA) is 190 Å². The number of carbonyl (C=O) groups is 4. The number of aliphatic hydroxyl groups excluding tert-OH is 6. The first kappa shape index (κ1) is 76.4. The van der Waals surface area contributed by atoms with Gasteiger partial charge >= 0.3 is 0 Å². The Labute approximate surface area is 635 Å². The molecule has 0 unspecified atom stereocenters. The predicted octanol–water partition coefficient (Wildman–Crippen LogP) is 19.5. The highest BCUT2D eigenvalue weighted by atomic mass is 16.3. The van der Waals surface area contributed by atoms with Gasteiger partial charge in [-0.3, -0.25) is 19.2 Å². The summed E-state index contributed by atoms with van der Waals surface area (Å²) in [6, 6.07) is 0. The average Bonchev–Trinajstić information content (AvgIpc) is 1.61. The van der Waals surface area contributed by atoms with Crippen molar-refractivity contribution in [1.29, 1.82) is 0 Å². The quantitative estimate of drug-likeness (QED) is 0.127. The molecule has 10 heteroatoms. The lowest BCUT2D eigenvalue weighted by Crippen LogP contribution is -2.54. The molecule has 20 rings (SSSR count). The lowest BCUT2D eigenvalue weighted by atomic mass is 9.45. The van der Waals surface area contributed by atoms with E-state index in [-0.39, 0.29) is 76.0 Å². The molecule has 0 amide bonds. The van der Waals surface area contributed by atoms with Crippen LogP contribution in [0.15, 0.2) is 46.6 Å². The molecule has 16 fully saturated rings. The van der Waals surface area contributed by atoms with Crippen molar-refractivity contribution >= 4 is 23.1 Å².